The van der Waals surface area contributed by atoms with Crippen LogP contribution in [-0.2, 0) is 14.3 Å². The number of methoxy groups -OCH3 is 2. The molecule has 1 rings (SSSR count). The van der Waals surface area contributed by atoms with Crippen LogP contribution < -0.4 is 0 Å². The van der Waals surface area contributed by atoms with Gasteiger partial charge in [0.1, 0.15) is 0 Å². The van der Waals surface area contributed by atoms with E-state index in [-0.39, 0.29) is 4.18 Å². The van der Waals surface area contributed by atoms with E-state index in [1.165, 1.54) is 0 Å². The number of carbonyl (C=O) groups is 1. The topological polar surface area (TPSA) is 55.8 Å². The molecule has 1 atom stereocenters. The van der Waals surface area contributed by atoms with Crippen molar-refractivity contribution in [1.29, 1.82) is 0 Å². The predicted octanol–water partition coefficient (Wildman–Crippen LogP) is 1.05. The monoisotopic (exact) mass is 302 g/mol. The first kappa shape index (κ1) is 12.1. The van der Waals surface area contributed by atoms with Crippen molar-refractivity contribution in [2.45, 2.75) is 18.3 Å². The first-order valence-corrected chi connectivity index (χ1v) is 10.4. The van der Waals surface area contributed by atoms with Crippen molar-refractivity contribution in [2.75, 3.05) is 14.2 Å². The van der Waals surface area contributed by atoms with Crippen LogP contribution in [0.15, 0.2) is 12.2 Å². The van der Waals surface area contributed by atoms with Crippen molar-refractivity contribution in [1.82, 2.24) is 0 Å². The summed E-state index contributed by atoms with van der Waals surface area (Å²) in [6.45, 7) is 2.06. The number of rotatable bonds is 4. The SMILES string of the molecule is CO[C]1(OC)C=C[CH](C)[In]1[CH2]C(=O)O. The zero-order valence-corrected chi connectivity index (χ0v) is 12.0. The molecule has 0 spiro atoms. The number of carboxylic acids is 1. The number of allylic oxidation sites excluding steroid dienone is 1. The van der Waals surface area contributed by atoms with Gasteiger partial charge in [0.15, 0.2) is 0 Å². The molecule has 78 valence electrons. The minimum atomic E-state index is -2.40. The van der Waals surface area contributed by atoms with Crippen LogP contribution >= 0.6 is 0 Å². The fraction of sp³-hybridized carbons (Fsp3) is 0.667. The summed E-state index contributed by atoms with van der Waals surface area (Å²) in [5.74, 6) is -0.736. The average molecular weight is 302 g/mol. The number of hydrogen-bond acceptors (Lipinski definition) is 3. The van der Waals surface area contributed by atoms with Gasteiger partial charge in [-0.3, -0.25) is 0 Å². The van der Waals surface area contributed by atoms with Crippen molar-refractivity contribution >= 4 is 27.4 Å². The van der Waals surface area contributed by atoms with Gasteiger partial charge in [-0.15, -0.1) is 0 Å². The van der Waals surface area contributed by atoms with Gasteiger partial charge in [-0.1, -0.05) is 0 Å². The third kappa shape index (κ3) is 2.15. The van der Waals surface area contributed by atoms with E-state index < -0.39 is 31.0 Å². The molecule has 1 N–H and O–H groups in total. The first-order chi connectivity index (χ1) is 6.55. The Morgan fingerprint density at radius 1 is 1.57 bits per heavy atom. The zero-order valence-electron chi connectivity index (χ0n) is 8.69. The number of hydrogen-bond donors (Lipinski definition) is 1. The Kier molecular flexibility index (Phi) is 4.04. The Bertz CT molecular complexity index is 247. The van der Waals surface area contributed by atoms with Gasteiger partial charge in [-0.25, -0.2) is 0 Å². The van der Waals surface area contributed by atoms with Crippen LogP contribution in [0.3, 0.4) is 0 Å². The molecule has 1 heterocycles. The summed E-state index contributed by atoms with van der Waals surface area (Å²) in [5, 5.41) is 8.83. The van der Waals surface area contributed by atoms with Crippen molar-refractivity contribution in [3.8, 4) is 0 Å². The van der Waals surface area contributed by atoms with E-state index in [1.54, 1.807) is 14.2 Å². The van der Waals surface area contributed by atoms with Gasteiger partial charge in [0.25, 0.3) is 0 Å². The van der Waals surface area contributed by atoms with Crippen LogP contribution in [0.4, 0.5) is 0 Å². The molecule has 0 saturated heterocycles. The van der Waals surface area contributed by atoms with Crippen molar-refractivity contribution in [3.63, 3.8) is 0 Å². The summed E-state index contributed by atoms with van der Waals surface area (Å²) in [6.07, 6.45) is 3.91. The number of ether oxygens (including phenoxy) is 2. The fourth-order valence-electron chi connectivity index (χ4n) is 1.95. The summed E-state index contributed by atoms with van der Waals surface area (Å²) in [7, 11) is 3.16. The van der Waals surface area contributed by atoms with Crippen LogP contribution in [0.5, 0.6) is 0 Å². The molecular formula is C9H15InO4. The fourth-order valence-corrected chi connectivity index (χ4v) is 10.8. The first-order valence-electron chi connectivity index (χ1n) is 4.57. The Morgan fingerprint density at radius 3 is 2.57 bits per heavy atom. The van der Waals surface area contributed by atoms with Crippen LogP contribution in [0.2, 0.25) is 7.85 Å². The molecular weight excluding hydrogens is 287 g/mol. The van der Waals surface area contributed by atoms with E-state index in [4.69, 9.17) is 14.6 Å². The minimum absolute atomic E-state index is 0.261. The standard InChI is InChI=1S/C7H12O2.C2H3O2.In/c1-4-5-6-7(8-2)9-3;1-2(3)4;/h4-6H,1-3H3;1H2,(H,3,4);. The Balaban J connectivity index is 2.83. The third-order valence-corrected chi connectivity index (χ3v) is 14.2. The maximum absolute atomic E-state index is 10.7. The van der Waals surface area contributed by atoms with Gasteiger partial charge in [-0.05, 0) is 0 Å². The van der Waals surface area contributed by atoms with Gasteiger partial charge < -0.3 is 0 Å². The molecule has 1 unspecified atom stereocenters. The summed E-state index contributed by atoms with van der Waals surface area (Å²) < 4.78 is 10.7. The van der Waals surface area contributed by atoms with E-state index in [0.717, 1.165) is 0 Å². The summed E-state index contributed by atoms with van der Waals surface area (Å²) in [4.78, 5) is 10.7. The van der Waals surface area contributed by atoms with Crippen LogP contribution in [-0.4, -0.2) is 50.3 Å². The molecule has 0 radical (unpaired) electrons. The Hall–Kier alpha value is 0.000130. The van der Waals surface area contributed by atoms with Crippen LogP contribution in [0, 0.1) is 0 Å². The van der Waals surface area contributed by atoms with E-state index in [2.05, 4.69) is 6.92 Å². The van der Waals surface area contributed by atoms with Crippen LogP contribution in [0.25, 0.3) is 0 Å². The quantitative estimate of drug-likeness (QED) is 0.623. The zero-order chi connectivity index (χ0) is 10.8. The second-order valence-electron chi connectivity index (χ2n) is 3.55. The van der Waals surface area contributed by atoms with Crippen molar-refractivity contribution in [3.05, 3.63) is 12.2 Å². The van der Waals surface area contributed by atoms with E-state index in [9.17, 15) is 4.79 Å². The molecule has 1 aliphatic rings. The molecule has 14 heavy (non-hydrogen) atoms. The van der Waals surface area contributed by atoms with Gasteiger partial charge in [-0.2, -0.15) is 0 Å². The molecule has 0 aromatic rings. The summed E-state index contributed by atoms with van der Waals surface area (Å²) in [5.41, 5.74) is 0. The molecule has 0 fully saturated rings. The normalized spacial score (nSPS) is 24.2. The molecule has 0 amide bonds. The van der Waals surface area contributed by atoms with E-state index >= 15 is 0 Å². The van der Waals surface area contributed by atoms with E-state index in [1.807, 2.05) is 12.2 Å². The second-order valence-corrected chi connectivity index (χ2v) is 13.5. The van der Waals surface area contributed by atoms with Crippen molar-refractivity contribution < 1.29 is 19.4 Å². The Labute approximate surface area is 91.4 Å². The molecule has 0 bridgehead atoms. The second kappa shape index (κ2) is 4.68. The average Bonchev–Trinajstić information content (AvgIpc) is 2.45. The molecule has 0 aromatic heterocycles. The van der Waals surface area contributed by atoms with Crippen molar-refractivity contribution in [2.24, 2.45) is 0 Å². The molecule has 4 nitrogen and oxygen atoms in total. The third-order valence-electron chi connectivity index (χ3n) is 2.82. The molecule has 5 heteroatoms. The number of aliphatic carboxylic acids is 1. The number of carboxylic acid groups (broad SMARTS) is 1. The molecule has 0 saturated carbocycles. The predicted molar refractivity (Wildman–Crippen MR) is 53.5 cm³/mol. The molecule has 0 aliphatic carbocycles. The van der Waals surface area contributed by atoms with Gasteiger partial charge >= 0.3 is 91.5 Å². The van der Waals surface area contributed by atoms with Gasteiger partial charge in [0.05, 0.1) is 0 Å². The summed E-state index contributed by atoms with van der Waals surface area (Å²) >= 11 is -2.40. The van der Waals surface area contributed by atoms with E-state index in [0.29, 0.717) is 3.67 Å². The Morgan fingerprint density at radius 2 is 2.14 bits per heavy atom. The van der Waals surface area contributed by atoms with Gasteiger partial charge in [0.2, 0.25) is 0 Å². The molecule has 0 aromatic carbocycles. The van der Waals surface area contributed by atoms with Gasteiger partial charge in [0, 0.05) is 0 Å². The molecule has 1 aliphatic heterocycles. The maximum atomic E-state index is 10.7. The van der Waals surface area contributed by atoms with Crippen LogP contribution in [0.1, 0.15) is 6.92 Å². The summed E-state index contributed by atoms with van der Waals surface area (Å²) in [6, 6.07) is 0.